The van der Waals surface area contributed by atoms with Gasteiger partial charge in [0.25, 0.3) is 5.56 Å². The zero-order chi connectivity index (χ0) is 28.3. The van der Waals surface area contributed by atoms with Crippen molar-refractivity contribution in [3.8, 4) is 5.75 Å². The van der Waals surface area contributed by atoms with E-state index in [0.29, 0.717) is 12.2 Å². The largest absolute Gasteiger partial charge is 0.530 e. The number of ether oxygens (including phenoxy) is 2. The van der Waals surface area contributed by atoms with Gasteiger partial charge in [-0.25, -0.2) is 9.36 Å². The lowest BCUT2D eigenvalue weighted by Crippen LogP contribution is -2.42. The van der Waals surface area contributed by atoms with Gasteiger partial charge in [-0.3, -0.25) is 28.2 Å². The number of rotatable bonds is 9. The van der Waals surface area contributed by atoms with E-state index in [9.17, 15) is 18.9 Å². The van der Waals surface area contributed by atoms with E-state index in [1.54, 1.807) is 6.07 Å². The first-order chi connectivity index (χ1) is 18.5. The van der Waals surface area contributed by atoms with E-state index < -0.39 is 49.5 Å². The Balaban J connectivity index is 1.56. The van der Waals surface area contributed by atoms with Crippen molar-refractivity contribution in [2.24, 2.45) is 11.7 Å². The molecule has 2 aromatic rings. The van der Waals surface area contributed by atoms with Gasteiger partial charge < -0.3 is 19.7 Å². The predicted molar refractivity (Wildman–Crippen MR) is 145 cm³/mol. The van der Waals surface area contributed by atoms with E-state index in [2.05, 4.69) is 20.9 Å². The Bertz CT molecular complexity index is 1410. The Morgan fingerprint density at radius 1 is 1.38 bits per heavy atom. The van der Waals surface area contributed by atoms with Crippen LogP contribution in [0.2, 0.25) is 0 Å². The number of para-hydroxylation sites is 1. The van der Waals surface area contributed by atoms with Gasteiger partial charge in [0.1, 0.15) is 30.2 Å². The summed E-state index contributed by atoms with van der Waals surface area (Å²) in [6, 6.07) is 4.58. The number of esters is 1. The topological polar surface area (TPSA) is 161 Å². The number of benzene rings is 1. The average molecular weight is 628 g/mol. The lowest BCUT2D eigenvalue weighted by Gasteiger charge is -2.27. The molecule has 0 bridgehead atoms. The average Bonchev–Trinajstić information content (AvgIpc) is 3.31. The molecule has 4 rings (SSSR count). The number of aromatic amines is 1. The second-order valence-electron chi connectivity index (χ2n) is 9.47. The van der Waals surface area contributed by atoms with Crippen LogP contribution in [0.5, 0.6) is 5.75 Å². The molecular weight excluding hydrogens is 597 g/mol. The van der Waals surface area contributed by atoms with Crippen LogP contribution in [0.15, 0.2) is 39.0 Å². The van der Waals surface area contributed by atoms with Crippen LogP contribution in [0, 0.1) is 12.8 Å². The van der Waals surface area contributed by atoms with Gasteiger partial charge in [-0.05, 0) is 29.5 Å². The van der Waals surface area contributed by atoms with Gasteiger partial charge in [0.05, 0.1) is 18.8 Å². The minimum Gasteiger partial charge on any atom is -0.458 e. The monoisotopic (exact) mass is 627 g/mol. The first kappa shape index (κ1) is 29.4. The van der Waals surface area contributed by atoms with Crippen LogP contribution in [-0.2, 0) is 34.5 Å². The Morgan fingerprint density at radius 3 is 2.87 bits per heavy atom. The molecule has 0 radical (unpaired) electrons. The lowest BCUT2D eigenvalue weighted by molar-refractivity contribution is -0.155. The minimum atomic E-state index is -4.03. The van der Waals surface area contributed by atoms with Crippen LogP contribution in [0.3, 0.4) is 0 Å². The molecule has 39 heavy (non-hydrogen) atoms. The smallest absolute Gasteiger partial charge is 0.458 e. The summed E-state index contributed by atoms with van der Waals surface area (Å²) >= 11 is 3.11. The molecule has 0 spiro atoms. The molecule has 212 valence electrons. The third-order valence-corrected chi connectivity index (χ3v) is 8.38. The fourth-order valence-electron chi connectivity index (χ4n) is 4.23. The van der Waals surface area contributed by atoms with Crippen LogP contribution in [0.25, 0.3) is 6.08 Å². The summed E-state index contributed by atoms with van der Waals surface area (Å²) < 4.78 is 42.8. The highest BCUT2D eigenvalue weighted by Gasteiger charge is 2.43. The number of aromatic nitrogens is 2. The number of nitrogens with zero attached hydrogens (tertiary/aromatic N) is 1. The molecule has 14 heteroatoms. The van der Waals surface area contributed by atoms with Gasteiger partial charge in [-0.2, -0.15) is 0 Å². The molecule has 3 heterocycles. The van der Waals surface area contributed by atoms with Crippen molar-refractivity contribution >= 4 is 35.8 Å². The number of halogens is 1. The fraction of sp³-hybridized carbons (Fsp3) is 0.480. The van der Waals surface area contributed by atoms with Gasteiger partial charge in [-0.1, -0.05) is 54.4 Å². The second-order valence-corrected chi connectivity index (χ2v) is 11.6. The summed E-state index contributed by atoms with van der Waals surface area (Å²) in [6.07, 6.45) is 0.736. The predicted octanol–water partition coefficient (Wildman–Crippen LogP) is 3.52. The molecule has 12 nitrogen and oxygen atoms in total. The molecule has 1 aromatic carbocycles. The van der Waals surface area contributed by atoms with Crippen molar-refractivity contribution in [1.29, 1.82) is 0 Å². The molecule has 1 unspecified atom stereocenters. The number of nitrogens with one attached hydrogen (secondary N) is 1. The summed E-state index contributed by atoms with van der Waals surface area (Å²) in [4.78, 5) is 41.2. The number of hydrogen-bond donors (Lipinski definition) is 2. The molecule has 1 aromatic heterocycles. The standard InChI is InChI=1S/C25H31BrN3O9P/c1-4-14(2)21(27)24(31)37-18-10-20(29-11-16(8-9-26)23(30)28-25(29)32)36-19(18)13-35-39(33)34-12-17-7-5-6-15(3)22(17)38-39/h5-9,11,14,18-21H,4,10,12-13,27H2,1-3H3,(H,28,30,32)/b9-8+/t14-,18-,19+,20+,21-,39?/m0/s1. The second kappa shape index (κ2) is 12.3. The number of fused-ring (bicyclic) bond motifs is 1. The van der Waals surface area contributed by atoms with Gasteiger partial charge in [0.15, 0.2) is 0 Å². The van der Waals surface area contributed by atoms with Crippen molar-refractivity contribution in [2.75, 3.05) is 6.61 Å². The molecule has 1 saturated heterocycles. The van der Waals surface area contributed by atoms with Gasteiger partial charge in [0.2, 0.25) is 0 Å². The maximum Gasteiger partial charge on any atom is 0.530 e. The Labute approximate surface area is 233 Å². The Hall–Kier alpha value is -2.54. The Morgan fingerprint density at radius 2 is 2.15 bits per heavy atom. The summed E-state index contributed by atoms with van der Waals surface area (Å²) in [5.41, 5.74) is 6.49. The van der Waals surface area contributed by atoms with Crippen molar-refractivity contribution in [2.45, 2.75) is 64.7 Å². The van der Waals surface area contributed by atoms with Crippen molar-refractivity contribution < 1.29 is 32.4 Å². The van der Waals surface area contributed by atoms with Gasteiger partial charge in [0, 0.05) is 18.2 Å². The minimum absolute atomic E-state index is 0.0290. The lowest BCUT2D eigenvalue weighted by atomic mass is 10.0. The van der Waals surface area contributed by atoms with E-state index in [4.69, 9.17) is 28.8 Å². The highest BCUT2D eigenvalue weighted by Crippen LogP contribution is 2.55. The van der Waals surface area contributed by atoms with Crippen LogP contribution >= 0.6 is 23.8 Å². The van der Waals surface area contributed by atoms with E-state index >= 15 is 0 Å². The fourth-order valence-corrected chi connectivity index (χ4v) is 5.81. The number of nitrogens with two attached hydrogens (primary N) is 1. The Kier molecular flexibility index (Phi) is 9.30. The number of carbonyl (C=O) groups is 1. The molecule has 3 N–H and O–H groups in total. The number of carbonyl (C=O) groups excluding carboxylic acids is 1. The molecule has 2 aliphatic rings. The highest BCUT2D eigenvalue weighted by atomic mass is 79.9. The van der Waals surface area contributed by atoms with E-state index in [1.807, 2.05) is 32.9 Å². The number of aryl methyl sites for hydroxylation is 1. The zero-order valence-corrected chi connectivity index (χ0v) is 24.2. The number of phosphoric acid groups is 1. The third-order valence-electron chi connectivity index (χ3n) is 6.80. The quantitative estimate of drug-likeness (QED) is 0.311. The number of hydrogen-bond acceptors (Lipinski definition) is 10. The first-order valence-corrected chi connectivity index (χ1v) is 14.8. The van der Waals surface area contributed by atoms with Crippen molar-refractivity contribution in [3.63, 3.8) is 0 Å². The maximum atomic E-state index is 13.3. The van der Waals surface area contributed by atoms with Crippen molar-refractivity contribution in [3.05, 3.63) is 66.9 Å². The van der Waals surface area contributed by atoms with Crippen LogP contribution in [0.1, 0.15) is 49.6 Å². The molecule has 0 aliphatic carbocycles. The van der Waals surface area contributed by atoms with Crippen LogP contribution in [0.4, 0.5) is 0 Å². The maximum absolute atomic E-state index is 13.3. The zero-order valence-electron chi connectivity index (χ0n) is 21.7. The van der Waals surface area contributed by atoms with E-state index in [1.165, 1.54) is 21.8 Å². The van der Waals surface area contributed by atoms with E-state index in [0.717, 1.165) is 11.1 Å². The van der Waals surface area contributed by atoms with Crippen LogP contribution < -0.4 is 21.5 Å². The summed E-state index contributed by atoms with van der Waals surface area (Å²) in [6.45, 7) is 5.25. The molecule has 6 atom stereocenters. The van der Waals surface area contributed by atoms with Gasteiger partial charge in [-0.15, -0.1) is 0 Å². The molecule has 2 aliphatic heterocycles. The SMILES string of the molecule is CC[C@H](C)[C@H](N)C(=O)O[C@H]1C[C@H](n2cc(/C=C/Br)c(=O)[nH]c2=O)O[C@@H]1COP1(=O)OCc2cccc(C)c2O1. The molecule has 0 amide bonds. The first-order valence-electron chi connectivity index (χ1n) is 12.5. The summed E-state index contributed by atoms with van der Waals surface area (Å²) in [5, 5.41) is 0. The molecule has 0 saturated carbocycles. The number of phosphoric ester groups is 1. The van der Waals surface area contributed by atoms with Crippen molar-refractivity contribution in [1.82, 2.24) is 9.55 Å². The van der Waals surface area contributed by atoms with Crippen LogP contribution in [-0.4, -0.2) is 40.4 Å². The number of H-pyrrole nitrogens is 1. The van der Waals surface area contributed by atoms with E-state index in [-0.39, 0.29) is 31.1 Å². The van der Waals surface area contributed by atoms with Gasteiger partial charge >= 0.3 is 19.5 Å². The summed E-state index contributed by atoms with van der Waals surface area (Å²) in [5.74, 6) is -0.345. The molecular formula is C25H31BrN3O9P. The third kappa shape index (κ3) is 6.62. The normalized spacial score (nSPS) is 26.1. The molecule has 1 fully saturated rings. The highest BCUT2D eigenvalue weighted by molar-refractivity contribution is 9.11. The summed E-state index contributed by atoms with van der Waals surface area (Å²) in [7, 11) is -4.03.